The monoisotopic (exact) mass is 245 g/mol. The zero-order valence-electron chi connectivity index (χ0n) is 11.0. The molecular weight excluding hydrogens is 218 g/mol. The molecule has 2 atom stereocenters. The van der Waals surface area contributed by atoms with Gasteiger partial charge in [0.1, 0.15) is 0 Å². The summed E-state index contributed by atoms with van der Waals surface area (Å²) in [6.07, 6.45) is 4.73. The van der Waals surface area contributed by atoms with E-state index in [1.54, 1.807) is 0 Å². The van der Waals surface area contributed by atoms with Crippen LogP contribution in [0.3, 0.4) is 0 Å². The van der Waals surface area contributed by atoms with Crippen LogP contribution < -0.4 is 5.73 Å². The molecule has 3 nitrogen and oxygen atoms in total. The van der Waals surface area contributed by atoms with Gasteiger partial charge >= 0.3 is 0 Å². The molecule has 0 aromatic rings. The number of likely N-dealkylation sites (N-methyl/N-ethyl adjacent to an activating group) is 1. The van der Waals surface area contributed by atoms with Crippen LogP contribution in [0, 0.1) is 5.92 Å². The Kier molecular flexibility index (Phi) is 6.73. The number of rotatable bonds is 7. The second-order valence-electron chi connectivity index (χ2n) is 5.03. The minimum Gasteiger partial charge on any atom is -0.329 e. The topological polar surface area (TPSA) is 32.5 Å². The molecule has 0 aromatic carbocycles. The fourth-order valence-electron chi connectivity index (χ4n) is 2.50. The minimum atomic E-state index is 0.568. The molecule has 2 N–H and O–H groups in total. The summed E-state index contributed by atoms with van der Waals surface area (Å²) in [6, 6.07) is 0.568. The molecule has 0 aromatic heterocycles. The minimum absolute atomic E-state index is 0.568. The molecular formula is C12H27N3S. The van der Waals surface area contributed by atoms with Crippen molar-refractivity contribution in [2.75, 3.05) is 52.3 Å². The molecule has 1 heterocycles. The lowest BCUT2D eigenvalue weighted by Gasteiger charge is -2.29. The van der Waals surface area contributed by atoms with E-state index in [2.05, 4.69) is 30.2 Å². The molecule has 1 aliphatic rings. The fraction of sp³-hybridized carbons (Fsp3) is 1.00. The summed E-state index contributed by atoms with van der Waals surface area (Å²) in [4.78, 5) is 4.90. The van der Waals surface area contributed by atoms with E-state index in [0.29, 0.717) is 6.04 Å². The van der Waals surface area contributed by atoms with Gasteiger partial charge in [-0.3, -0.25) is 0 Å². The molecule has 0 radical (unpaired) electrons. The highest BCUT2D eigenvalue weighted by Crippen LogP contribution is 2.17. The van der Waals surface area contributed by atoms with Gasteiger partial charge in [-0.15, -0.1) is 0 Å². The Morgan fingerprint density at radius 1 is 1.56 bits per heavy atom. The van der Waals surface area contributed by atoms with Gasteiger partial charge in [-0.2, -0.15) is 11.8 Å². The lowest BCUT2D eigenvalue weighted by molar-refractivity contribution is 0.206. The van der Waals surface area contributed by atoms with Gasteiger partial charge in [-0.1, -0.05) is 0 Å². The number of hydrogen-bond donors (Lipinski definition) is 1. The molecule has 0 spiro atoms. The lowest BCUT2D eigenvalue weighted by Crippen LogP contribution is -2.41. The highest BCUT2D eigenvalue weighted by atomic mass is 32.2. The molecule has 0 amide bonds. The van der Waals surface area contributed by atoms with Crippen LogP contribution in [0.15, 0.2) is 0 Å². The van der Waals surface area contributed by atoms with Crippen LogP contribution in [-0.2, 0) is 0 Å². The summed E-state index contributed by atoms with van der Waals surface area (Å²) in [5.41, 5.74) is 5.85. The van der Waals surface area contributed by atoms with Gasteiger partial charge in [-0.25, -0.2) is 0 Å². The maximum Gasteiger partial charge on any atom is 0.0223 e. The van der Waals surface area contributed by atoms with Crippen molar-refractivity contribution in [1.29, 1.82) is 0 Å². The highest BCUT2D eigenvalue weighted by molar-refractivity contribution is 7.98. The second-order valence-corrected chi connectivity index (χ2v) is 6.01. The van der Waals surface area contributed by atoms with Crippen LogP contribution in [0.5, 0.6) is 0 Å². The third-order valence-electron chi connectivity index (χ3n) is 3.59. The van der Waals surface area contributed by atoms with Gasteiger partial charge in [0, 0.05) is 25.7 Å². The molecule has 1 saturated heterocycles. The van der Waals surface area contributed by atoms with E-state index in [4.69, 9.17) is 5.73 Å². The van der Waals surface area contributed by atoms with E-state index in [1.165, 1.54) is 38.2 Å². The maximum atomic E-state index is 5.85. The van der Waals surface area contributed by atoms with Crippen molar-refractivity contribution >= 4 is 11.8 Å². The van der Waals surface area contributed by atoms with Crippen molar-refractivity contribution < 1.29 is 0 Å². The van der Waals surface area contributed by atoms with Crippen molar-refractivity contribution in [3.63, 3.8) is 0 Å². The Morgan fingerprint density at radius 2 is 2.31 bits per heavy atom. The predicted molar refractivity (Wildman–Crippen MR) is 74.1 cm³/mol. The Morgan fingerprint density at radius 3 is 2.81 bits per heavy atom. The largest absolute Gasteiger partial charge is 0.329 e. The molecule has 1 rings (SSSR count). The van der Waals surface area contributed by atoms with Gasteiger partial charge < -0.3 is 15.5 Å². The lowest BCUT2D eigenvalue weighted by atomic mass is 10.1. The zero-order valence-corrected chi connectivity index (χ0v) is 11.8. The first kappa shape index (κ1) is 14.3. The van der Waals surface area contributed by atoms with E-state index in [9.17, 15) is 0 Å². The second kappa shape index (κ2) is 7.54. The van der Waals surface area contributed by atoms with E-state index in [1.807, 2.05) is 11.8 Å². The maximum absolute atomic E-state index is 5.85. The Balaban J connectivity index is 2.28. The molecule has 0 bridgehead atoms. The molecule has 2 unspecified atom stereocenters. The molecule has 4 heteroatoms. The summed E-state index contributed by atoms with van der Waals surface area (Å²) in [6.45, 7) is 4.51. The van der Waals surface area contributed by atoms with Crippen molar-refractivity contribution in [1.82, 2.24) is 9.80 Å². The highest BCUT2D eigenvalue weighted by Gasteiger charge is 2.23. The summed E-state index contributed by atoms with van der Waals surface area (Å²) in [5.74, 6) is 2.06. The zero-order chi connectivity index (χ0) is 12.0. The number of likely N-dealkylation sites (tertiary alicyclic amines) is 1. The van der Waals surface area contributed by atoms with Gasteiger partial charge in [0.15, 0.2) is 0 Å². The number of thioether (sulfide) groups is 1. The molecule has 16 heavy (non-hydrogen) atoms. The molecule has 1 aliphatic heterocycles. The van der Waals surface area contributed by atoms with Gasteiger partial charge in [0.2, 0.25) is 0 Å². The van der Waals surface area contributed by atoms with Crippen molar-refractivity contribution in [3.8, 4) is 0 Å². The van der Waals surface area contributed by atoms with Crippen LogP contribution in [-0.4, -0.2) is 68.1 Å². The summed E-state index contributed by atoms with van der Waals surface area (Å²) >= 11 is 1.92. The molecule has 0 aliphatic carbocycles. The van der Waals surface area contributed by atoms with Crippen LogP contribution in [0.1, 0.15) is 12.8 Å². The summed E-state index contributed by atoms with van der Waals surface area (Å²) in [7, 11) is 4.45. The average Bonchev–Trinajstić information content (AvgIpc) is 2.65. The van der Waals surface area contributed by atoms with Crippen molar-refractivity contribution in [2.24, 2.45) is 11.7 Å². The van der Waals surface area contributed by atoms with Crippen LogP contribution in [0.25, 0.3) is 0 Å². The SMILES string of the molecule is CSCCC(CN)N(C)CC1CCN(C)C1. The standard InChI is InChI=1S/C12H27N3S/c1-14-6-4-11(9-14)10-15(2)12(8-13)5-7-16-3/h11-12H,4-10,13H2,1-3H3. The van der Waals surface area contributed by atoms with Crippen LogP contribution in [0.4, 0.5) is 0 Å². The first-order chi connectivity index (χ1) is 7.67. The Hall–Kier alpha value is 0.230. The summed E-state index contributed by atoms with van der Waals surface area (Å²) < 4.78 is 0. The average molecular weight is 245 g/mol. The number of nitrogens with two attached hydrogens (primary N) is 1. The van der Waals surface area contributed by atoms with Crippen molar-refractivity contribution in [3.05, 3.63) is 0 Å². The van der Waals surface area contributed by atoms with Gasteiger partial charge in [-0.05, 0) is 51.4 Å². The smallest absolute Gasteiger partial charge is 0.0223 e. The van der Waals surface area contributed by atoms with Crippen LogP contribution >= 0.6 is 11.8 Å². The van der Waals surface area contributed by atoms with Crippen LogP contribution in [0.2, 0.25) is 0 Å². The third kappa shape index (κ3) is 4.62. The predicted octanol–water partition coefficient (Wildman–Crippen LogP) is 0.950. The first-order valence-electron chi connectivity index (χ1n) is 6.25. The van der Waals surface area contributed by atoms with Crippen molar-refractivity contribution in [2.45, 2.75) is 18.9 Å². The Bertz CT molecular complexity index is 189. The van der Waals surface area contributed by atoms with Gasteiger partial charge in [0.25, 0.3) is 0 Å². The fourth-order valence-corrected chi connectivity index (χ4v) is 3.01. The Labute approximate surface area is 105 Å². The van der Waals surface area contributed by atoms with E-state index in [-0.39, 0.29) is 0 Å². The molecule has 0 saturated carbocycles. The summed E-state index contributed by atoms with van der Waals surface area (Å²) in [5, 5.41) is 0. The van der Waals surface area contributed by atoms with Gasteiger partial charge in [0.05, 0.1) is 0 Å². The van der Waals surface area contributed by atoms with E-state index < -0.39 is 0 Å². The van der Waals surface area contributed by atoms with E-state index >= 15 is 0 Å². The van der Waals surface area contributed by atoms with E-state index in [0.717, 1.165) is 12.5 Å². The quantitative estimate of drug-likeness (QED) is 0.724. The first-order valence-corrected chi connectivity index (χ1v) is 7.64. The molecule has 1 fully saturated rings. The normalized spacial score (nSPS) is 24.2. The number of hydrogen-bond acceptors (Lipinski definition) is 4. The molecule has 96 valence electrons. The third-order valence-corrected chi connectivity index (χ3v) is 4.23. The number of nitrogens with zero attached hydrogens (tertiary/aromatic N) is 2.